The summed E-state index contributed by atoms with van der Waals surface area (Å²) < 4.78 is 22.6. The highest BCUT2D eigenvalue weighted by Gasteiger charge is 2.23. The van der Waals surface area contributed by atoms with Crippen LogP contribution in [0.25, 0.3) is 0 Å². The molecule has 2 N–H and O–H groups in total. The Balaban J connectivity index is 2.04. The number of carbonyl (C=O) groups is 2. The van der Waals surface area contributed by atoms with Crippen molar-refractivity contribution in [3.63, 3.8) is 0 Å². The van der Waals surface area contributed by atoms with Crippen molar-refractivity contribution in [2.24, 2.45) is 0 Å². The molecule has 0 aromatic heterocycles. The topological polar surface area (TPSA) is 92.3 Å². The van der Waals surface area contributed by atoms with Crippen LogP contribution in [0.15, 0.2) is 35.7 Å². The van der Waals surface area contributed by atoms with Crippen molar-refractivity contribution < 1.29 is 18.0 Å². The van der Waals surface area contributed by atoms with E-state index in [0.29, 0.717) is 17.7 Å². The highest BCUT2D eigenvalue weighted by atomic mass is 32.2. The fourth-order valence-corrected chi connectivity index (χ4v) is 3.14. The Labute approximate surface area is 123 Å². The van der Waals surface area contributed by atoms with E-state index in [0.717, 1.165) is 5.41 Å². The minimum atomic E-state index is -3.20. The Bertz CT molecular complexity index is 695. The van der Waals surface area contributed by atoms with Gasteiger partial charge in [-0.15, -0.1) is 0 Å². The molecule has 1 unspecified atom stereocenters. The lowest BCUT2D eigenvalue weighted by molar-refractivity contribution is -0.115. The van der Waals surface area contributed by atoms with Crippen LogP contribution in [-0.4, -0.2) is 32.0 Å². The largest absolute Gasteiger partial charge is 0.345 e. The van der Waals surface area contributed by atoms with Crippen LogP contribution in [0.5, 0.6) is 0 Å². The first-order valence-electron chi connectivity index (χ1n) is 6.51. The van der Waals surface area contributed by atoms with Gasteiger partial charge in [-0.25, -0.2) is 8.42 Å². The number of sulfone groups is 1. The van der Waals surface area contributed by atoms with E-state index in [-0.39, 0.29) is 17.6 Å². The number of amides is 2. The van der Waals surface area contributed by atoms with Crippen LogP contribution in [0.3, 0.4) is 0 Å². The smallest absolute Gasteiger partial charge is 0.251 e. The second-order valence-corrected chi connectivity index (χ2v) is 6.65. The van der Waals surface area contributed by atoms with Gasteiger partial charge < -0.3 is 10.6 Å². The lowest BCUT2D eigenvalue weighted by Crippen LogP contribution is -2.35. The summed E-state index contributed by atoms with van der Waals surface area (Å²) in [5, 5.41) is 6.40. The minimum Gasteiger partial charge on any atom is -0.345 e. The third-order valence-electron chi connectivity index (χ3n) is 2.98. The number of benzene rings is 1. The van der Waals surface area contributed by atoms with Gasteiger partial charge in [0.05, 0.1) is 11.8 Å². The number of carbonyl (C=O) groups excluding carboxylic acids is 2. The van der Waals surface area contributed by atoms with Crippen LogP contribution in [0.4, 0.5) is 5.69 Å². The summed E-state index contributed by atoms with van der Waals surface area (Å²) in [5.74, 6) is -0.642. The van der Waals surface area contributed by atoms with Crippen LogP contribution in [-0.2, 0) is 14.6 Å². The fraction of sp³-hybridized carbons (Fsp3) is 0.286. The monoisotopic (exact) mass is 308 g/mol. The number of anilines is 1. The van der Waals surface area contributed by atoms with Crippen LogP contribution in [0.1, 0.15) is 23.7 Å². The van der Waals surface area contributed by atoms with Crippen LogP contribution in [0.2, 0.25) is 0 Å². The summed E-state index contributed by atoms with van der Waals surface area (Å²) in [6.45, 7) is 1.73. The SMILES string of the molecule is CCC(=O)Nc1cccc(C(=O)NC2C=CS(=O)(=O)C2)c1. The molecule has 0 saturated carbocycles. The molecule has 0 saturated heterocycles. The van der Waals surface area contributed by atoms with Crippen molar-refractivity contribution in [2.45, 2.75) is 19.4 Å². The maximum atomic E-state index is 12.1. The average molecular weight is 308 g/mol. The zero-order valence-corrected chi connectivity index (χ0v) is 12.3. The first-order valence-corrected chi connectivity index (χ1v) is 8.23. The quantitative estimate of drug-likeness (QED) is 0.870. The van der Waals surface area contributed by atoms with Crippen LogP contribution >= 0.6 is 0 Å². The van der Waals surface area contributed by atoms with E-state index in [2.05, 4.69) is 10.6 Å². The van der Waals surface area contributed by atoms with Gasteiger partial charge in [-0.1, -0.05) is 13.0 Å². The average Bonchev–Trinajstić information content (AvgIpc) is 2.78. The second kappa shape index (κ2) is 6.09. The predicted octanol–water partition coefficient (Wildman–Crippen LogP) is 1.08. The van der Waals surface area contributed by atoms with Crippen molar-refractivity contribution in [3.8, 4) is 0 Å². The van der Waals surface area contributed by atoms with E-state index in [9.17, 15) is 18.0 Å². The zero-order chi connectivity index (χ0) is 15.5. The molecule has 0 bridgehead atoms. The number of hydrogen-bond acceptors (Lipinski definition) is 4. The van der Waals surface area contributed by atoms with E-state index >= 15 is 0 Å². The molecule has 1 aromatic rings. The Morgan fingerprint density at radius 1 is 1.33 bits per heavy atom. The van der Waals surface area contributed by atoms with Crippen molar-refractivity contribution >= 4 is 27.3 Å². The Hall–Kier alpha value is -2.15. The molecular formula is C14H16N2O4S. The standard InChI is InChI=1S/C14H16N2O4S/c1-2-13(17)15-11-5-3-4-10(8-11)14(18)16-12-6-7-21(19,20)9-12/h3-8,12H,2,9H2,1H3,(H,15,17)(H,16,18). The molecule has 0 fully saturated rings. The molecule has 1 heterocycles. The van der Waals surface area contributed by atoms with Gasteiger partial charge in [0.15, 0.2) is 9.84 Å². The van der Waals surface area contributed by atoms with Crippen molar-refractivity contribution in [1.29, 1.82) is 0 Å². The lowest BCUT2D eigenvalue weighted by Gasteiger charge is -2.11. The van der Waals surface area contributed by atoms with Crippen LogP contribution in [0, 0.1) is 0 Å². The van der Waals surface area contributed by atoms with Gasteiger partial charge in [-0.2, -0.15) is 0 Å². The van der Waals surface area contributed by atoms with Gasteiger partial charge >= 0.3 is 0 Å². The number of nitrogens with one attached hydrogen (secondary N) is 2. The van der Waals surface area contributed by atoms with Crippen molar-refractivity contribution in [3.05, 3.63) is 41.3 Å². The van der Waals surface area contributed by atoms with Gasteiger partial charge in [0.1, 0.15) is 0 Å². The maximum absolute atomic E-state index is 12.1. The molecule has 2 amide bonds. The molecule has 0 radical (unpaired) electrons. The predicted molar refractivity (Wildman–Crippen MR) is 79.5 cm³/mol. The van der Waals surface area contributed by atoms with E-state index in [1.54, 1.807) is 31.2 Å². The Kier molecular flexibility index (Phi) is 4.42. The van der Waals surface area contributed by atoms with E-state index in [1.807, 2.05) is 0 Å². The summed E-state index contributed by atoms with van der Waals surface area (Å²) in [7, 11) is -3.20. The van der Waals surface area contributed by atoms with E-state index in [1.165, 1.54) is 6.08 Å². The maximum Gasteiger partial charge on any atom is 0.251 e. The molecule has 1 aromatic carbocycles. The van der Waals surface area contributed by atoms with Gasteiger partial charge in [-0.05, 0) is 24.3 Å². The van der Waals surface area contributed by atoms with Gasteiger partial charge in [0, 0.05) is 23.1 Å². The molecule has 21 heavy (non-hydrogen) atoms. The first kappa shape index (κ1) is 15.2. The molecule has 7 heteroatoms. The molecule has 6 nitrogen and oxygen atoms in total. The molecule has 2 rings (SSSR count). The van der Waals surface area contributed by atoms with Gasteiger partial charge in [0.25, 0.3) is 5.91 Å². The first-order chi connectivity index (χ1) is 9.89. The molecule has 1 aliphatic heterocycles. The highest BCUT2D eigenvalue weighted by molar-refractivity contribution is 7.94. The number of rotatable bonds is 4. The van der Waals surface area contributed by atoms with Gasteiger partial charge in [-0.3, -0.25) is 9.59 Å². The second-order valence-electron chi connectivity index (χ2n) is 4.72. The molecule has 0 spiro atoms. The fourth-order valence-electron chi connectivity index (χ4n) is 1.90. The summed E-state index contributed by atoms with van der Waals surface area (Å²) in [4.78, 5) is 23.4. The van der Waals surface area contributed by atoms with Crippen molar-refractivity contribution in [2.75, 3.05) is 11.1 Å². The van der Waals surface area contributed by atoms with Crippen molar-refractivity contribution in [1.82, 2.24) is 5.32 Å². The zero-order valence-electron chi connectivity index (χ0n) is 11.5. The third kappa shape index (κ3) is 4.16. The summed E-state index contributed by atoms with van der Waals surface area (Å²) >= 11 is 0. The molecule has 112 valence electrons. The molecular weight excluding hydrogens is 292 g/mol. The summed E-state index contributed by atoms with van der Waals surface area (Å²) in [5.41, 5.74) is 0.894. The Morgan fingerprint density at radius 2 is 2.10 bits per heavy atom. The Morgan fingerprint density at radius 3 is 2.71 bits per heavy atom. The minimum absolute atomic E-state index is 0.120. The van der Waals surface area contributed by atoms with E-state index in [4.69, 9.17) is 0 Å². The summed E-state index contributed by atoms with van der Waals surface area (Å²) in [6, 6.07) is 5.97. The normalized spacial score (nSPS) is 19.2. The third-order valence-corrected chi connectivity index (χ3v) is 4.37. The molecule has 1 atom stereocenters. The highest BCUT2D eigenvalue weighted by Crippen LogP contribution is 2.13. The number of hydrogen-bond donors (Lipinski definition) is 2. The lowest BCUT2D eigenvalue weighted by atomic mass is 10.1. The molecule has 0 aliphatic carbocycles. The molecule has 1 aliphatic rings. The van der Waals surface area contributed by atoms with Crippen LogP contribution < -0.4 is 10.6 Å². The van der Waals surface area contributed by atoms with Gasteiger partial charge in [0.2, 0.25) is 5.91 Å². The van der Waals surface area contributed by atoms with E-state index < -0.39 is 15.9 Å². The summed E-state index contributed by atoms with van der Waals surface area (Å²) in [6.07, 6.45) is 1.80.